The lowest BCUT2D eigenvalue weighted by molar-refractivity contribution is -0.120. The molecule has 0 bridgehead atoms. The molecule has 2 fully saturated rings. The van der Waals surface area contributed by atoms with Crippen molar-refractivity contribution >= 4 is 46.8 Å². The van der Waals surface area contributed by atoms with Crippen molar-refractivity contribution in [2.75, 3.05) is 38.6 Å². The van der Waals surface area contributed by atoms with E-state index in [-0.39, 0.29) is 23.7 Å². The average molecular weight is 691 g/mol. The number of methoxy groups -OCH3 is 1. The van der Waals surface area contributed by atoms with E-state index < -0.39 is 12.0 Å². The van der Waals surface area contributed by atoms with E-state index in [2.05, 4.69) is 25.5 Å². The highest BCUT2D eigenvalue weighted by Crippen LogP contribution is 2.42. The Morgan fingerprint density at radius 2 is 1.92 bits per heavy atom. The first kappa shape index (κ1) is 31.9. The van der Waals surface area contributed by atoms with Gasteiger partial charge in [-0.05, 0) is 18.2 Å². The number of aromatic nitrogens is 3. The lowest BCUT2D eigenvalue weighted by atomic mass is 9.79. The van der Waals surface area contributed by atoms with Crippen molar-refractivity contribution in [3.63, 3.8) is 0 Å². The number of imidazole rings is 1. The number of benzene rings is 2. The topological polar surface area (TPSA) is 142 Å². The SMILES string of the molecule is COc1cc(-c2nccc(-c3cccc(NC(=O)c4nc5c(n4C)CCN(C(=O)O)C5)c3Cl)c2Cl)ccc1CN1CC2(CNC(=O)C2)C1. The van der Waals surface area contributed by atoms with Crippen molar-refractivity contribution in [2.45, 2.75) is 25.9 Å². The summed E-state index contributed by atoms with van der Waals surface area (Å²) in [4.78, 5) is 49.2. The molecule has 48 heavy (non-hydrogen) atoms. The quantitative estimate of drug-likeness (QED) is 0.244. The van der Waals surface area contributed by atoms with E-state index in [1.54, 1.807) is 43.1 Å². The highest BCUT2D eigenvalue weighted by Gasteiger charge is 2.47. The van der Waals surface area contributed by atoms with Gasteiger partial charge < -0.3 is 29.9 Å². The van der Waals surface area contributed by atoms with Gasteiger partial charge in [0.15, 0.2) is 5.82 Å². The van der Waals surface area contributed by atoms with Crippen LogP contribution in [0.4, 0.5) is 10.5 Å². The first-order chi connectivity index (χ1) is 23.1. The molecule has 3 amide bonds. The predicted octanol–water partition coefficient (Wildman–Crippen LogP) is 5.07. The van der Waals surface area contributed by atoms with Gasteiger partial charge in [-0.1, -0.05) is 47.5 Å². The van der Waals surface area contributed by atoms with E-state index in [0.29, 0.717) is 69.9 Å². The van der Waals surface area contributed by atoms with Crippen molar-refractivity contribution in [3.8, 4) is 28.1 Å². The molecule has 5 heterocycles. The third kappa shape index (κ3) is 5.73. The van der Waals surface area contributed by atoms with E-state index in [9.17, 15) is 19.5 Å². The van der Waals surface area contributed by atoms with Gasteiger partial charge in [0.25, 0.3) is 5.91 Å². The summed E-state index contributed by atoms with van der Waals surface area (Å²) in [6.45, 7) is 3.63. The Labute approximate surface area is 286 Å². The number of carbonyl (C=O) groups is 3. The van der Waals surface area contributed by atoms with Crippen LogP contribution in [0.1, 0.15) is 34.0 Å². The Morgan fingerprint density at radius 3 is 2.65 bits per heavy atom. The summed E-state index contributed by atoms with van der Waals surface area (Å²) in [6.07, 6.45) is 1.69. The molecule has 3 aliphatic rings. The van der Waals surface area contributed by atoms with Crippen LogP contribution in [0.25, 0.3) is 22.4 Å². The molecular formula is C34H33Cl2N7O5. The molecule has 1 spiro atoms. The highest BCUT2D eigenvalue weighted by molar-refractivity contribution is 6.39. The molecular weight excluding hydrogens is 657 g/mol. The molecule has 14 heteroatoms. The van der Waals surface area contributed by atoms with Crippen molar-refractivity contribution < 1.29 is 24.2 Å². The number of rotatable bonds is 7. The molecule has 2 aromatic heterocycles. The Hall–Kier alpha value is -4.65. The normalized spacial score (nSPS) is 16.8. The number of nitrogens with one attached hydrogen (secondary N) is 2. The lowest BCUT2D eigenvalue weighted by Gasteiger charge is -2.47. The molecule has 2 aromatic carbocycles. The molecule has 0 atom stereocenters. The zero-order valence-electron chi connectivity index (χ0n) is 26.3. The van der Waals surface area contributed by atoms with Crippen molar-refractivity contribution in [1.82, 2.24) is 29.7 Å². The molecule has 2 saturated heterocycles. The van der Waals surface area contributed by atoms with E-state index in [1.807, 2.05) is 24.3 Å². The smallest absolute Gasteiger partial charge is 0.407 e. The fourth-order valence-corrected chi connectivity index (χ4v) is 7.61. The van der Waals surface area contributed by atoms with Crippen molar-refractivity contribution in [3.05, 3.63) is 81.5 Å². The van der Waals surface area contributed by atoms with E-state index in [4.69, 9.17) is 27.9 Å². The van der Waals surface area contributed by atoms with Crippen LogP contribution in [0.3, 0.4) is 0 Å². The number of pyridine rings is 1. The monoisotopic (exact) mass is 689 g/mol. The number of fused-ring (bicyclic) bond motifs is 1. The van der Waals surface area contributed by atoms with Crippen molar-refractivity contribution in [1.29, 1.82) is 0 Å². The van der Waals surface area contributed by atoms with Gasteiger partial charge in [0.1, 0.15) is 5.75 Å². The van der Waals surface area contributed by atoms with Gasteiger partial charge in [-0.3, -0.25) is 19.5 Å². The second-order valence-corrected chi connectivity index (χ2v) is 13.4. The molecule has 0 saturated carbocycles. The molecule has 0 unspecified atom stereocenters. The molecule has 12 nitrogen and oxygen atoms in total. The standard InChI is InChI=1S/C34H33Cl2N7O5/c1-41-25-9-11-43(33(46)47)15-24(25)39-31(41)32(45)40-23-5-3-4-21(28(23)35)22-8-10-37-30(29(22)36)19-6-7-20(26(12-19)48-2)14-42-17-34(18-42)13-27(44)38-16-34/h3-8,10,12H,9,11,13-18H2,1-2H3,(H,38,44)(H,40,45)(H,46,47). The fourth-order valence-electron chi connectivity index (χ4n) is 7.02. The minimum atomic E-state index is -1.02. The van der Waals surface area contributed by atoms with Crippen LogP contribution in [-0.2, 0) is 31.4 Å². The van der Waals surface area contributed by atoms with Gasteiger partial charge in [-0.15, -0.1) is 0 Å². The van der Waals surface area contributed by atoms with E-state index in [0.717, 1.165) is 36.5 Å². The molecule has 0 aliphatic carbocycles. The third-order valence-corrected chi connectivity index (χ3v) is 10.2. The summed E-state index contributed by atoms with van der Waals surface area (Å²) in [5, 5.41) is 15.9. The van der Waals surface area contributed by atoms with Crippen LogP contribution in [0.5, 0.6) is 5.75 Å². The molecule has 3 aliphatic heterocycles. The van der Waals surface area contributed by atoms with Crippen LogP contribution in [-0.4, -0.2) is 80.6 Å². The summed E-state index contributed by atoms with van der Waals surface area (Å²) >= 11 is 13.9. The number of anilines is 1. The number of amides is 3. The number of halogens is 2. The summed E-state index contributed by atoms with van der Waals surface area (Å²) in [6, 6.07) is 13.0. The van der Waals surface area contributed by atoms with Gasteiger partial charge in [0, 0.05) is 92.2 Å². The minimum absolute atomic E-state index is 0.0488. The first-order valence-electron chi connectivity index (χ1n) is 15.5. The molecule has 4 aromatic rings. The number of hydrogen-bond donors (Lipinski definition) is 3. The Morgan fingerprint density at radius 1 is 1.12 bits per heavy atom. The lowest BCUT2D eigenvalue weighted by Crippen LogP contribution is -2.56. The Kier molecular flexibility index (Phi) is 8.26. The second kappa shape index (κ2) is 12.4. The maximum absolute atomic E-state index is 13.4. The predicted molar refractivity (Wildman–Crippen MR) is 180 cm³/mol. The van der Waals surface area contributed by atoms with Crippen molar-refractivity contribution in [2.24, 2.45) is 12.5 Å². The van der Waals surface area contributed by atoms with Gasteiger partial charge in [-0.2, -0.15) is 0 Å². The molecule has 248 valence electrons. The summed E-state index contributed by atoms with van der Waals surface area (Å²) in [5.74, 6) is 0.533. The molecule has 3 N–H and O–H groups in total. The van der Waals surface area contributed by atoms with Crippen LogP contribution in [0, 0.1) is 5.41 Å². The number of ether oxygens (including phenoxy) is 1. The minimum Gasteiger partial charge on any atom is -0.496 e. The second-order valence-electron chi connectivity index (χ2n) is 12.6. The number of hydrogen-bond acceptors (Lipinski definition) is 7. The largest absolute Gasteiger partial charge is 0.496 e. The molecule has 7 rings (SSSR count). The van der Waals surface area contributed by atoms with Gasteiger partial charge in [-0.25, -0.2) is 9.78 Å². The fraction of sp³-hybridized carbons (Fsp3) is 0.324. The van der Waals surface area contributed by atoms with Gasteiger partial charge in [0.2, 0.25) is 5.91 Å². The van der Waals surface area contributed by atoms with Crippen LogP contribution in [0.2, 0.25) is 10.0 Å². The average Bonchev–Trinajstić information content (AvgIpc) is 3.61. The zero-order valence-corrected chi connectivity index (χ0v) is 27.9. The number of carboxylic acid groups (broad SMARTS) is 1. The number of carbonyl (C=O) groups excluding carboxylic acids is 2. The Balaban J connectivity index is 1.11. The maximum atomic E-state index is 13.4. The summed E-state index contributed by atoms with van der Waals surface area (Å²) in [7, 11) is 3.38. The van der Waals surface area contributed by atoms with Crippen LogP contribution < -0.4 is 15.4 Å². The Bertz CT molecular complexity index is 1970. The molecule has 0 radical (unpaired) electrons. The summed E-state index contributed by atoms with van der Waals surface area (Å²) < 4.78 is 7.46. The van der Waals surface area contributed by atoms with Gasteiger partial charge in [0.05, 0.1) is 40.8 Å². The highest BCUT2D eigenvalue weighted by atomic mass is 35.5. The van der Waals surface area contributed by atoms with E-state index >= 15 is 0 Å². The number of nitrogens with zero attached hydrogens (tertiary/aromatic N) is 5. The van der Waals surface area contributed by atoms with Crippen LogP contribution >= 0.6 is 23.2 Å². The zero-order chi connectivity index (χ0) is 33.7. The number of likely N-dealkylation sites (tertiary alicyclic amines) is 1. The maximum Gasteiger partial charge on any atom is 0.407 e. The summed E-state index contributed by atoms with van der Waals surface area (Å²) in [5.41, 5.74) is 5.40. The van der Waals surface area contributed by atoms with Crippen LogP contribution in [0.15, 0.2) is 48.7 Å². The van der Waals surface area contributed by atoms with E-state index in [1.165, 1.54) is 4.90 Å². The third-order valence-electron chi connectivity index (χ3n) is 9.42. The first-order valence-corrected chi connectivity index (χ1v) is 16.2. The van der Waals surface area contributed by atoms with Gasteiger partial charge >= 0.3 is 6.09 Å².